The molecule has 0 saturated carbocycles. The molecule has 4 bridgehead atoms. The first-order valence-electron chi connectivity index (χ1n) is 15.7. The molecule has 6 heteroatoms. The van der Waals surface area contributed by atoms with Crippen LogP contribution in [0.2, 0.25) is 0 Å². The highest BCUT2D eigenvalue weighted by Crippen LogP contribution is 2.34. The summed E-state index contributed by atoms with van der Waals surface area (Å²) in [5.41, 5.74) is 6.34. The summed E-state index contributed by atoms with van der Waals surface area (Å²) in [5, 5.41) is 30.0. The number of fused-ring (bicyclic) bond motifs is 4. The lowest BCUT2D eigenvalue weighted by Crippen LogP contribution is -2.39. The molecule has 1 heterocycles. The standard InChI is InChI=1S/C36H60N4O2/c1-33(2,3)29-13-25-17-37-21-35(7,8)22-38-18-26-14-30(34(4,5)6)16-28(32(26)42)20-40(12)24-36(9,10)23-39(11)19-27(15-29)31(25)41/h13-16,37-38,41-42H,17-24H2,1-12H3. The van der Waals surface area contributed by atoms with Crippen molar-refractivity contribution in [2.24, 2.45) is 10.8 Å². The van der Waals surface area contributed by atoms with Crippen molar-refractivity contribution in [3.05, 3.63) is 57.6 Å². The van der Waals surface area contributed by atoms with Gasteiger partial charge in [0.05, 0.1) is 0 Å². The Morgan fingerprint density at radius 1 is 0.595 bits per heavy atom. The van der Waals surface area contributed by atoms with Crippen LogP contribution in [-0.2, 0) is 37.0 Å². The van der Waals surface area contributed by atoms with Gasteiger partial charge < -0.3 is 30.6 Å². The van der Waals surface area contributed by atoms with Crippen LogP contribution in [0.15, 0.2) is 24.3 Å². The van der Waals surface area contributed by atoms with Crippen molar-refractivity contribution in [2.45, 2.75) is 106 Å². The minimum absolute atomic E-state index is 0.000792. The highest BCUT2D eigenvalue weighted by atomic mass is 16.3. The average molecular weight is 581 g/mol. The van der Waals surface area contributed by atoms with Gasteiger partial charge in [-0.1, -0.05) is 93.5 Å². The van der Waals surface area contributed by atoms with Crippen molar-refractivity contribution in [1.82, 2.24) is 20.4 Å². The zero-order valence-corrected chi connectivity index (χ0v) is 28.8. The van der Waals surface area contributed by atoms with Crippen molar-refractivity contribution >= 4 is 0 Å². The van der Waals surface area contributed by atoms with Crippen molar-refractivity contribution < 1.29 is 10.2 Å². The van der Waals surface area contributed by atoms with Gasteiger partial charge in [-0.2, -0.15) is 0 Å². The number of phenolic OH excluding ortho intramolecular Hbond substituents is 2. The maximum absolute atomic E-state index is 11.4. The van der Waals surface area contributed by atoms with E-state index in [1.165, 1.54) is 11.1 Å². The number of nitrogens with one attached hydrogen (secondary N) is 2. The molecule has 3 rings (SSSR count). The quantitative estimate of drug-likeness (QED) is 0.285. The first kappa shape index (κ1) is 34.4. The Bertz CT molecular complexity index is 1130. The third-order valence-corrected chi connectivity index (χ3v) is 8.38. The normalized spacial score (nSPS) is 20.3. The molecule has 2 aromatic carbocycles. The molecule has 0 amide bonds. The Balaban J connectivity index is 1.99. The summed E-state index contributed by atoms with van der Waals surface area (Å²) in [6.07, 6.45) is 0. The van der Waals surface area contributed by atoms with Crippen molar-refractivity contribution in [3.8, 4) is 11.5 Å². The summed E-state index contributed by atoms with van der Waals surface area (Å²) in [5.74, 6) is 0.817. The molecule has 0 radical (unpaired) electrons. The van der Waals surface area contributed by atoms with E-state index in [0.29, 0.717) is 37.7 Å². The summed E-state index contributed by atoms with van der Waals surface area (Å²) in [7, 11) is 4.30. The summed E-state index contributed by atoms with van der Waals surface area (Å²) in [6, 6.07) is 8.73. The number of aromatic hydroxyl groups is 2. The van der Waals surface area contributed by atoms with Gasteiger partial charge in [0.2, 0.25) is 0 Å². The van der Waals surface area contributed by atoms with Gasteiger partial charge >= 0.3 is 0 Å². The second kappa shape index (κ2) is 12.9. The molecule has 236 valence electrons. The Morgan fingerprint density at radius 3 is 1.26 bits per heavy atom. The maximum atomic E-state index is 11.4. The molecule has 0 atom stereocenters. The van der Waals surface area contributed by atoms with Crippen LogP contribution >= 0.6 is 0 Å². The third kappa shape index (κ3) is 9.44. The number of benzene rings is 2. The van der Waals surface area contributed by atoms with Gasteiger partial charge in [-0.25, -0.2) is 0 Å². The second-order valence-corrected chi connectivity index (χ2v) is 16.7. The SMILES string of the molecule is CN1Cc2cc(C(C)(C)C)cc(c2O)CNCC(C)(C)CNCc2cc(C(C)(C)C)cc(c2O)CN(C)CC(C)(C)C1. The van der Waals surface area contributed by atoms with Gasteiger partial charge in [0.15, 0.2) is 0 Å². The van der Waals surface area contributed by atoms with Gasteiger partial charge in [0, 0.05) is 74.6 Å². The van der Waals surface area contributed by atoms with Crippen LogP contribution in [0, 0.1) is 10.8 Å². The third-order valence-electron chi connectivity index (χ3n) is 8.38. The molecule has 1 aliphatic heterocycles. The molecular formula is C36H60N4O2. The lowest BCUT2D eigenvalue weighted by Gasteiger charge is -2.35. The summed E-state index contributed by atoms with van der Waals surface area (Å²) in [6.45, 7) is 28.5. The highest BCUT2D eigenvalue weighted by molar-refractivity contribution is 5.47. The van der Waals surface area contributed by atoms with Gasteiger partial charge in [0.25, 0.3) is 0 Å². The van der Waals surface area contributed by atoms with Crippen LogP contribution in [0.25, 0.3) is 0 Å². The molecule has 1 aliphatic rings. The number of phenols is 2. The highest BCUT2D eigenvalue weighted by Gasteiger charge is 2.27. The fraction of sp³-hybridized carbons (Fsp3) is 0.667. The Morgan fingerprint density at radius 2 is 0.929 bits per heavy atom. The van der Waals surface area contributed by atoms with Gasteiger partial charge in [-0.15, -0.1) is 0 Å². The van der Waals surface area contributed by atoms with Gasteiger partial charge in [-0.3, -0.25) is 0 Å². The number of nitrogens with zero attached hydrogens (tertiary/aromatic N) is 2. The predicted molar refractivity (Wildman–Crippen MR) is 177 cm³/mol. The fourth-order valence-corrected chi connectivity index (χ4v) is 6.24. The summed E-state index contributed by atoms with van der Waals surface area (Å²) in [4.78, 5) is 4.66. The van der Waals surface area contributed by atoms with Crippen LogP contribution in [0.5, 0.6) is 11.5 Å². The Labute approximate surface area is 256 Å². The average Bonchev–Trinajstić information content (AvgIpc) is 2.80. The molecule has 6 nitrogen and oxygen atoms in total. The van der Waals surface area contributed by atoms with E-state index in [1.54, 1.807) is 0 Å². The van der Waals surface area contributed by atoms with Crippen LogP contribution in [-0.4, -0.2) is 60.3 Å². The minimum atomic E-state index is -0.0208. The van der Waals surface area contributed by atoms with Crippen LogP contribution in [0.3, 0.4) is 0 Å². The monoisotopic (exact) mass is 580 g/mol. The molecule has 0 fully saturated rings. The van der Waals surface area contributed by atoms with Gasteiger partial charge in [0.1, 0.15) is 11.5 Å². The molecule has 0 spiro atoms. The molecule has 0 aliphatic carbocycles. The number of hydrogen-bond donors (Lipinski definition) is 4. The van der Waals surface area contributed by atoms with Crippen LogP contribution < -0.4 is 10.6 Å². The van der Waals surface area contributed by atoms with E-state index in [-0.39, 0.29) is 21.7 Å². The second-order valence-electron chi connectivity index (χ2n) is 16.7. The zero-order chi connectivity index (χ0) is 31.7. The number of rotatable bonds is 0. The molecule has 2 aromatic rings. The Kier molecular flexibility index (Phi) is 10.5. The van der Waals surface area contributed by atoms with E-state index < -0.39 is 0 Å². The smallest absolute Gasteiger partial charge is 0.124 e. The predicted octanol–water partition coefficient (Wildman–Crippen LogP) is 6.50. The lowest BCUT2D eigenvalue weighted by atomic mass is 9.84. The summed E-state index contributed by atoms with van der Waals surface area (Å²) >= 11 is 0. The molecule has 0 saturated heterocycles. The zero-order valence-electron chi connectivity index (χ0n) is 28.8. The van der Waals surface area contributed by atoms with E-state index in [1.807, 2.05) is 0 Å². The van der Waals surface area contributed by atoms with Crippen molar-refractivity contribution in [3.63, 3.8) is 0 Å². The first-order chi connectivity index (χ1) is 19.2. The first-order valence-corrected chi connectivity index (χ1v) is 15.7. The molecule has 4 N–H and O–H groups in total. The topological polar surface area (TPSA) is 71.0 Å². The van der Waals surface area contributed by atoms with Crippen LogP contribution in [0.1, 0.15) is 103 Å². The molecule has 42 heavy (non-hydrogen) atoms. The van der Waals surface area contributed by atoms with Crippen LogP contribution in [0.4, 0.5) is 0 Å². The molecule has 0 aromatic heterocycles. The van der Waals surface area contributed by atoms with Crippen molar-refractivity contribution in [1.29, 1.82) is 0 Å². The van der Waals surface area contributed by atoms with E-state index in [4.69, 9.17) is 0 Å². The molecular weight excluding hydrogens is 520 g/mol. The van der Waals surface area contributed by atoms with E-state index in [2.05, 4.69) is 128 Å². The summed E-state index contributed by atoms with van der Waals surface area (Å²) < 4.78 is 0. The lowest BCUT2D eigenvalue weighted by molar-refractivity contribution is 0.142. The Hall–Kier alpha value is -2.12. The molecule has 0 unspecified atom stereocenters. The van der Waals surface area contributed by atoms with Crippen molar-refractivity contribution in [2.75, 3.05) is 40.3 Å². The minimum Gasteiger partial charge on any atom is -0.507 e. The largest absolute Gasteiger partial charge is 0.507 e. The van der Waals surface area contributed by atoms with Gasteiger partial charge in [-0.05, 0) is 46.9 Å². The number of hydrogen-bond acceptors (Lipinski definition) is 6. The fourth-order valence-electron chi connectivity index (χ4n) is 6.24. The van der Waals surface area contributed by atoms with E-state index in [9.17, 15) is 10.2 Å². The van der Waals surface area contributed by atoms with E-state index in [0.717, 1.165) is 48.4 Å². The maximum Gasteiger partial charge on any atom is 0.124 e. The van der Waals surface area contributed by atoms with E-state index >= 15 is 0 Å².